The Bertz CT molecular complexity index is 9150. The van der Waals surface area contributed by atoms with Gasteiger partial charge in [0.25, 0.3) is 5.91 Å². The Morgan fingerprint density at radius 2 is 0.472 bits per heavy atom. The number of hydrogen-bond donors (Lipinski definition) is 2. The topological polar surface area (TPSA) is 200 Å². The number of fused-ring (bicyclic) bond motifs is 30. The summed E-state index contributed by atoms with van der Waals surface area (Å²) in [6.45, 7) is 21.3. The minimum Gasteiger partial charge on any atom is -0.423 e. The molecule has 18 nitrogen and oxygen atoms in total. The molecule has 0 unspecified atom stereocenters. The molecule has 0 fully saturated rings. The lowest BCUT2D eigenvalue weighted by Gasteiger charge is -2.08. The number of carbonyl (C=O) groups excluding carboxylic acids is 4. The number of carbonyl (C=O) groups is 4. The van der Waals surface area contributed by atoms with Crippen LogP contribution in [0.5, 0.6) is 11.5 Å². The SMILES string of the molecule is C=C(C)C(=O)Nc1ccc(-c2nc3c4ccccc4c4ccccc4c3n2C)cc1.C=C(C)C(=O)Oc1ccc(-c2nc3c4ccccc4c4ccccc4c3n2C)cc1.C=CC(=O)Nc1ccc(-c2nc3c4ccccc4c4ccccc4c3n2C)cc1.C=CC(=O)Oc1ccc(-c2nc3c4ccccc4c4ccccc4c3n2C)cc1.C=Cc1ccc(-c2nc3c4ccccc4c4ccccc4c3n2C)cc1. The monoisotopic (exact) mass is 1870 g/mol. The first-order chi connectivity index (χ1) is 70.2. The van der Waals surface area contributed by atoms with Gasteiger partial charge in [-0.3, -0.25) is 9.59 Å². The first-order valence-corrected chi connectivity index (χ1v) is 47.3. The van der Waals surface area contributed by atoms with Crippen molar-refractivity contribution in [1.82, 2.24) is 47.8 Å². The van der Waals surface area contributed by atoms with Gasteiger partial charge in [-0.25, -0.2) is 34.5 Å². The third-order valence-corrected chi connectivity index (χ3v) is 26.7. The maximum atomic E-state index is 11.9. The molecule has 25 rings (SSSR count). The van der Waals surface area contributed by atoms with E-state index in [0.29, 0.717) is 22.6 Å². The van der Waals surface area contributed by atoms with Gasteiger partial charge in [-0.15, -0.1) is 0 Å². The Labute approximate surface area is 829 Å². The van der Waals surface area contributed by atoms with Crippen molar-refractivity contribution in [3.8, 4) is 68.4 Å². The van der Waals surface area contributed by atoms with Crippen molar-refractivity contribution in [2.75, 3.05) is 10.6 Å². The third-order valence-electron chi connectivity index (χ3n) is 26.7. The number of imidazole rings is 5. The second-order valence-electron chi connectivity index (χ2n) is 35.7. The first kappa shape index (κ1) is 91.3. The fraction of sp³-hybridized carbons (Fsp3) is 0.0556. The lowest BCUT2D eigenvalue weighted by Crippen LogP contribution is -2.11. The summed E-state index contributed by atoms with van der Waals surface area (Å²) in [6, 6.07) is 123. The largest absolute Gasteiger partial charge is 0.423 e. The predicted molar refractivity (Wildman–Crippen MR) is 594 cm³/mol. The van der Waals surface area contributed by atoms with E-state index in [2.05, 4.69) is 348 Å². The van der Waals surface area contributed by atoms with Gasteiger partial charge in [-0.2, -0.15) is 0 Å². The number of anilines is 2. The maximum absolute atomic E-state index is 11.9. The standard InChI is InChI=1S/C26H21N3O.C26H20N2O2.C25H19N3O.C25H18N2O2.C24H18N2/c1-16(2)26(30)27-18-14-12-17(13-15-18)25-28-23-21-10-6-4-8-19(21)20-9-5-7-11-22(20)24(23)29(25)3;1-16(2)26(29)30-18-14-12-17(13-15-18)25-27-23-21-10-6-4-8-19(21)20-9-5-7-11-22(20)24(23)28(25)3;1-3-22(29)26-17-14-12-16(13-15-17)25-27-23-20-10-6-4-8-18(20)19-9-5-7-11-21(19)24(23)28(25)2;1-3-22(28)29-17-14-12-16(13-15-17)25-26-23-20-10-6-4-8-18(20)19-9-5-7-11-21(19)24(23)27(25)2;1-3-16-12-14-17(15-13-16)24-25-22-20-10-6-4-8-18(20)19-9-5-7-11-21(19)23(22)26(24)2/h4-15H,1H2,2-3H3,(H,27,30);4-15H,1H2,2-3H3;3-15H,1H2,2H3,(H,26,29);3-15H,1H2,2H3;3-15H,1H2,2H3. The Morgan fingerprint density at radius 1 is 0.257 bits per heavy atom. The van der Waals surface area contributed by atoms with E-state index in [9.17, 15) is 19.2 Å². The number of benzene rings is 20. The van der Waals surface area contributed by atoms with Crippen molar-refractivity contribution < 1.29 is 28.7 Å². The quantitative estimate of drug-likeness (QED) is 0.0454. The number of nitrogens with zero attached hydrogens (tertiary/aromatic N) is 10. The molecule has 696 valence electrons. The first-order valence-electron chi connectivity index (χ1n) is 47.3. The molecule has 0 atom stereocenters. The van der Waals surface area contributed by atoms with Crippen molar-refractivity contribution in [2.45, 2.75) is 13.8 Å². The molecule has 20 aromatic carbocycles. The fourth-order valence-electron chi connectivity index (χ4n) is 19.8. The zero-order valence-electron chi connectivity index (χ0n) is 80.3. The average Bonchev–Trinajstić information content (AvgIpc) is 1.59. The van der Waals surface area contributed by atoms with E-state index in [-0.39, 0.29) is 11.8 Å². The van der Waals surface area contributed by atoms with Gasteiger partial charge in [0.05, 0.1) is 55.2 Å². The Kier molecular flexibility index (Phi) is 24.3. The van der Waals surface area contributed by atoms with E-state index < -0.39 is 11.9 Å². The summed E-state index contributed by atoms with van der Waals surface area (Å²) in [7, 11) is 10.3. The highest BCUT2D eigenvalue weighted by Crippen LogP contribution is 2.45. The van der Waals surface area contributed by atoms with Gasteiger partial charge in [-0.1, -0.05) is 306 Å². The number of nitrogens with one attached hydrogen (secondary N) is 2. The van der Waals surface area contributed by atoms with Crippen LogP contribution in [0, 0.1) is 0 Å². The van der Waals surface area contributed by atoms with Crippen molar-refractivity contribution >= 4 is 204 Å². The second kappa shape index (κ2) is 38.4. The minimum atomic E-state index is -0.474. The van der Waals surface area contributed by atoms with E-state index in [0.717, 1.165) is 151 Å². The van der Waals surface area contributed by atoms with Crippen molar-refractivity contribution in [2.24, 2.45) is 35.2 Å². The summed E-state index contributed by atoms with van der Waals surface area (Å²) < 4.78 is 21.3. The van der Waals surface area contributed by atoms with Crippen LogP contribution < -0.4 is 20.1 Å². The van der Waals surface area contributed by atoms with Crippen LogP contribution >= 0.6 is 0 Å². The van der Waals surface area contributed by atoms with Crippen LogP contribution in [0.3, 0.4) is 0 Å². The zero-order valence-corrected chi connectivity index (χ0v) is 80.3. The molecule has 0 saturated carbocycles. The van der Waals surface area contributed by atoms with E-state index in [1.165, 1.54) is 97.8 Å². The molecule has 18 heteroatoms. The molecular formula is C126H96N12O6. The predicted octanol–water partition coefficient (Wildman–Crippen LogP) is 29.6. The number of aromatic nitrogens is 10. The number of rotatable bonds is 14. The third kappa shape index (κ3) is 16.7. The highest BCUT2D eigenvalue weighted by molar-refractivity contribution is 6.29. The maximum Gasteiger partial charge on any atom is 0.338 e. The number of ether oxygens (including phenoxy) is 2. The molecular weight excluding hydrogens is 1780 g/mol. The van der Waals surface area contributed by atoms with Crippen LogP contribution in [0.25, 0.3) is 226 Å². The highest BCUT2D eigenvalue weighted by atomic mass is 16.5. The molecule has 2 N–H and O–H groups in total. The summed E-state index contributed by atoms with van der Waals surface area (Å²) >= 11 is 0. The van der Waals surface area contributed by atoms with Gasteiger partial charge in [0.1, 0.15) is 40.6 Å². The van der Waals surface area contributed by atoms with E-state index in [1.807, 2.05) is 99.0 Å². The van der Waals surface area contributed by atoms with Crippen LogP contribution in [0.15, 0.2) is 420 Å². The lowest BCUT2D eigenvalue weighted by molar-refractivity contribution is -0.130. The minimum absolute atomic E-state index is 0.177. The Balaban J connectivity index is 0.000000106. The molecule has 25 aromatic rings. The number of esters is 2. The second-order valence-corrected chi connectivity index (χ2v) is 35.7. The summed E-state index contributed by atoms with van der Waals surface area (Å²) in [5, 5.41) is 29.6. The molecule has 0 radical (unpaired) electrons. The number of aryl methyl sites for hydroxylation is 5. The van der Waals surface area contributed by atoms with E-state index in [4.69, 9.17) is 34.4 Å². The average molecular weight is 1870 g/mol. The molecule has 0 spiro atoms. The van der Waals surface area contributed by atoms with Crippen LogP contribution in [-0.2, 0) is 54.4 Å². The normalized spacial score (nSPS) is 11.3. The van der Waals surface area contributed by atoms with E-state index in [1.54, 1.807) is 38.1 Å². The van der Waals surface area contributed by atoms with Crippen molar-refractivity contribution in [3.05, 3.63) is 426 Å². The van der Waals surface area contributed by atoms with Gasteiger partial charge >= 0.3 is 11.9 Å². The molecule has 5 heterocycles. The molecule has 2 amide bonds. The van der Waals surface area contributed by atoms with Crippen LogP contribution in [0.4, 0.5) is 11.4 Å². The zero-order chi connectivity index (χ0) is 99.2. The summed E-state index contributed by atoms with van der Waals surface area (Å²) in [5.74, 6) is 4.16. The molecule has 0 saturated heterocycles. The van der Waals surface area contributed by atoms with Gasteiger partial charge < -0.3 is 42.9 Å². The van der Waals surface area contributed by atoms with Gasteiger partial charge in [0.15, 0.2) is 0 Å². The molecule has 0 aliphatic rings. The van der Waals surface area contributed by atoms with Crippen LogP contribution in [0.2, 0.25) is 0 Å². The van der Waals surface area contributed by atoms with Crippen molar-refractivity contribution in [3.63, 3.8) is 0 Å². The summed E-state index contributed by atoms with van der Waals surface area (Å²) in [5.41, 5.74) is 19.1. The number of hydrogen-bond acceptors (Lipinski definition) is 11. The lowest BCUT2D eigenvalue weighted by atomic mass is 10.00. The molecule has 5 aromatic heterocycles. The summed E-state index contributed by atoms with van der Waals surface area (Å²) in [6.07, 6.45) is 4.27. The molecule has 144 heavy (non-hydrogen) atoms. The Hall–Kier alpha value is -19.1. The number of amides is 2. The molecule has 0 aliphatic carbocycles. The van der Waals surface area contributed by atoms with Crippen molar-refractivity contribution in [1.29, 1.82) is 0 Å². The smallest absolute Gasteiger partial charge is 0.338 e. The summed E-state index contributed by atoms with van der Waals surface area (Å²) in [4.78, 5) is 71.7. The van der Waals surface area contributed by atoms with Gasteiger partial charge in [-0.05, 0) is 176 Å². The molecule has 0 bridgehead atoms. The van der Waals surface area contributed by atoms with Gasteiger partial charge in [0, 0.05) is 146 Å². The Morgan fingerprint density at radius 3 is 0.701 bits per heavy atom. The molecule has 0 aliphatic heterocycles. The van der Waals surface area contributed by atoms with Crippen LogP contribution in [-0.4, -0.2) is 71.5 Å². The highest BCUT2D eigenvalue weighted by Gasteiger charge is 2.25. The fourth-order valence-corrected chi connectivity index (χ4v) is 19.8. The van der Waals surface area contributed by atoms with E-state index >= 15 is 0 Å². The van der Waals surface area contributed by atoms with Crippen LogP contribution in [0.1, 0.15) is 19.4 Å². The van der Waals surface area contributed by atoms with Gasteiger partial charge in [0.2, 0.25) is 5.91 Å².